The van der Waals surface area contributed by atoms with E-state index >= 15 is 0 Å². The summed E-state index contributed by atoms with van der Waals surface area (Å²) in [6.45, 7) is 4.68. The molecule has 0 aromatic heterocycles. The normalized spacial score (nSPS) is 14.1. The van der Waals surface area contributed by atoms with Crippen molar-refractivity contribution in [3.05, 3.63) is 59.9 Å². The Morgan fingerprint density at radius 1 is 1.00 bits per heavy atom. The highest BCUT2D eigenvalue weighted by Gasteiger charge is 2.18. The summed E-state index contributed by atoms with van der Waals surface area (Å²) < 4.78 is 13.6. The van der Waals surface area contributed by atoms with Gasteiger partial charge in [0.05, 0.1) is 0 Å². The molecule has 0 saturated carbocycles. The Hall–Kier alpha value is -2.89. The fraction of sp³-hybridized carbons (Fsp3) is 0.364. The molecule has 0 aliphatic carbocycles. The molecule has 1 aliphatic heterocycles. The molecule has 0 radical (unpaired) electrons. The topological polar surface area (TPSA) is 52.7 Å². The second-order valence-electron chi connectivity index (χ2n) is 7.03. The largest absolute Gasteiger partial charge is 0.368 e. The van der Waals surface area contributed by atoms with Crippen molar-refractivity contribution in [2.45, 2.75) is 26.2 Å². The van der Waals surface area contributed by atoms with E-state index in [1.54, 1.807) is 25.1 Å². The van der Waals surface area contributed by atoms with Gasteiger partial charge in [-0.15, -0.1) is 0 Å². The molecule has 1 heterocycles. The maximum atomic E-state index is 13.6. The fourth-order valence-corrected chi connectivity index (χ4v) is 3.40. The van der Waals surface area contributed by atoms with Gasteiger partial charge in [-0.1, -0.05) is 18.2 Å². The summed E-state index contributed by atoms with van der Waals surface area (Å²) in [4.78, 5) is 27.6. The lowest BCUT2D eigenvalue weighted by Crippen LogP contribution is -2.48. The van der Waals surface area contributed by atoms with Crippen molar-refractivity contribution >= 4 is 23.2 Å². The molecule has 1 N–H and O–H groups in total. The summed E-state index contributed by atoms with van der Waals surface area (Å²) in [5, 5.41) is 2.89. The van der Waals surface area contributed by atoms with E-state index < -0.39 is 0 Å². The Morgan fingerprint density at radius 3 is 2.32 bits per heavy atom. The number of aryl methyl sites for hydroxylation is 1. The van der Waals surface area contributed by atoms with Crippen LogP contribution in [0.3, 0.4) is 0 Å². The van der Waals surface area contributed by atoms with Crippen molar-refractivity contribution in [2.75, 3.05) is 36.4 Å². The molecule has 1 saturated heterocycles. The zero-order valence-corrected chi connectivity index (χ0v) is 16.2. The van der Waals surface area contributed by atoms with Crippen molar-refractivity contribution < 1.29 is 14.0 Å². The van der Waals surface area contributed by atoms with Gasteiger partial charge in [0.2, 0.25) is 11.8 Å². The van der Waals surface area contributed by atoms with Crippen molar-refractivity contribution in [1.29, 1.82) is 0 Å². The van der Waals surface area contributed by atoms with E-state index in [1.165, 1.54) is 6.07 Å². The van der Waals surface area contributed by atoms with Crippen LogP contribution in [-0.2, 0) is 16.0 Å². The van der Waals surface area contributed by atoms with E-state index in [9.17, 15) is 14.0 Å². The molecule has 1 aliphatic rings. The summed E-state index contributed by atoms with van der Waals surface area (Å²) >= 11 is 0. The number of benzene rings is 2. The Bertz CT molecular complexity index is 815. The summed E-state index contributed by atoms with van der Waals surface area (Å²) in [6, 6.07) is 14.4. The average molecular weight is 383 g/mol. The monoisotopic (exact) mass is 383 g/mol. The number of nitrogens with zero attached hydrogens (tertiary/aromatic N) is 2. The molecule has 2 aromatic carbocycles. The van der Waals surface area contributed by atoms with E-state index in [1.807, 2.05) is 29.2 Å². The minimum absolute atomic E-state index is 0.0702. The smallest absolute Gasteiger partial charge is 0.224 e. The predicted molar refractivity (Wildman–Crippen MR) is 109 cm³/mol. The first kappa shape index (κ1) is 19.9. The minimum Gasteiger partial charge on any atom is -0.368 e. The summed E-state index contributed by atoms with van der Waals surface area (Å²) in [5.41, 5.74) is 2.48. The van der Waals surface area contributed by atoms with Crippen LogP contribution in [0.15, 0.2) is 48.5 Å². The van der Waals surface area contributed by atoms with E-state index in [4.69, 9.17) is 0 Å². The Balaban J connectivity index is 1.44. The van der Waals surface area contributed by atoms with Crippen LogP contribution < -0.4 is 10.2 Å². The molecule has 0 bridgehead atoms. The highest BCUT2D eigenvalue weighted by Crippen LogP contribution is 2.20. The first-order valence-electron chi connectivity index (χ1n) is 9.67. The molecule has 0 spiro atoms. The van der Waals surface area contributed by atoms with Crippen LogP contribution in [0.4, 0.5) is 15.8 Å². The number of hydrogen-bond donors (Lipinski definition) is 1. The van der Waals surface area contributed by atoms with Gasteiger partial charge in [0.15, 0.2) is 0 Å². The molecule has 5 nitrogen and oxygen atoms in total. The molecule has 2 aromatic rings. The number of amides is 2. The van der Waals surface area contributed by atoms with Gasteiger partial charge < -0.3 is 15.1 Å². The molecule has 2 amide bonds. The van der Waals surface area contributed by atoms with Gasteiger partial charge in [0, 0.05) is 50.9 Å². The van der Waals surface area contributed by atoms with E-state index in [2.05, 4.69) is 10.2 Å². The lowest BCUT2D eigenvalue weighted by atomic mass is 10.1. The first-order valence-corrected chi connectivity index (χ1v) is 9.67. The number of halogens is 1. The number of anilines is 2. The van der Waals surface area contributed by atoms with E-state index in [-0.39, 0.29) is 17.6 Å². The molecule has 0 atom stereocenters. The Morgan fingerprint density at radius 2 is 1.68 bits per heavy atom. The van der Waals surface area contributed by atoms with Crippen LogP contribution in [-0.4, -0.2) is 42.9 Å². The summed E-state index contributed by atoms with van der Waals surface area (Å²) in [7, 11) is 0. The highest BCUT2D eigenvalue weighted by molar-refractivity contribution is 5.90. The minimum atomic E-state index is -0.220. The Kier molecular flexibility index (Phi) is 6.63. The Labute approximate surface area is 165 Å². The second kappa shape index (κ2) is 9.35. The van der Waals surface area contributed by atoms with E-state index in [0.29, 0.717) is 24.8 Å². The second-order valence-corrected chi connectivity index (χ2v) is 7.03. The molecular formula is C22H26FN3O2. The number of rotatable bonds is 6. The van der Waals surface area contributed by atoms with Crippen LogP contribution in [0, 0.1) is 5.82 Å². The number of carbonyl (C=O) groups is 2. The molecule has 6 heteroatoms. The third-order valence-electron chi connectivity index (χ3n) is 5.05. The van der Waals surface area contributed by atoms with Crippen molar-refractivity contribution in [3.8, 4) is 0 Å². The SMILES string of the molecule is CC(=O)N1CCN(c2ccc(NC(=O)CCCc3ccccc3F)cc2)CC1. The van der Waals surface area contributed by atoms with Gasteiger partial charge in [-0.05, 0) is 48.7 Å². The van der Waals surface area contributed by atoms with Gasteiger partial charge in [0.1, 0.15) is 5.82 Å². The van der Waals surface area contributed by atoms with Gasteiger partial charge in [-0.2, -0.15) is 0 Å². The highest BCUT2D eigenvalue weighted by atomic mass is 19.1. The maximum Gasteiger partial charge on any atom is 0.224 e. The summed E-state index contributed by atoms with van der Waals surface area (Å²) in [5.74, 6) is -0.172. The van der Waals surface area contributed by atoms with Crippen molar-refractivity contribution in [1.82, 2.24) is 4.90 Å². The molecule has 148 valence electrons. The van der Waals surface area contributed by atoms with Gasteiger partial charge >= 0.3 is 0 Å². The van der Waals surface area contributed by atoms with Crippen LogP contribution in [0.5, 0.6) is 0 Å². The molecule has 28 heavy (non-hydrogen) atoms. The molecule has 1 fully saturated rings. The predicted octanol–water partition coefficient (Wildman–Crippen LogP) is 3.46. The van der Waals surface area contributed by atoms with Crippen molar-refractivity contribution in [2.24, 2.45) is 0 Å². The van der Waals surface area contributed by atoms with Gasteiger partial charge in [0.25, 0.3) is 0 Å². The van der Waals surface area contributed by atoms with Crippen molar-refractivity contribution in [3.63, 3.8) is 0 Å². The fourth-order valence-electron chi connectivity index (χ4n) is 3.40. The third kappa shape index (κ3) is 5.31. The van der Waals surface area contributed by atoms with Gasteiger partial charge in [-0.25, -0.2) is 4.39 Å². The zero-order valence-electron chi connectivity index (χ0n) is 16.2. The zero-order chi connectivity index (χ0) is 19.9. The number of hydrogen-bond acceptors (Lipinski definition) is 3. The van der Waals surface area contributed by atoms with Crippen LogP contribution >= 0.6 is 0 Å². The standard InChI is InChI=1S/C22H26FN3O2/c1-17(27)25-13-15-26(16-14-25)20-11-9-19(10-12-20)24-22(28)8-4-6-18-5-2-3-7-21(18)23/h2-3,5,7,9-12H,4,6,8,13-16H2,1H3,(H,24,28). The van der Waals surface area contributed by atoms with Crippen LogP contribution in [0.2, 0.25) is 0 Å². The quantitative estimate of drug-likeness (QED) is 0.831. The lowest BCUT2D eigenvalue weighted by molar-refractivity contribution is -0.129. The van der Waals surface area contributed by atoms with Crippen LogP contribution in [0.25, 0.3) is 0 Å². The molecule has 3 rings (SSSR count). The number of carbonyl (C=O) groups excluding carboxylic acids is 2. The first-order chi connectivity index (χ1) is 13.5. The average Bonchev–Trinajstić information content (AvgIpc) is 2.70. The molecular weight excluding hydrogens is 357 g/mol. The van der Waals surface area contributed by atoms with Gasteiger partial charge in [-0.3, -0.25) is 9.59 Å². The summed E-state index contributed by atoms with van der Waals surface area (Å²) in [6.07, 6.45) is 1.50. The number of piperazine rings is 1. The maximum absolute atomic E-state index is 13.6. The molecule has 0 unspecified atom stereocenters. The van der Waals surface area contributed by atoms with Crippen LogP contribution in [0.1, 0.15) is 25.3 Å². The third-order valence-corrected chi connectivity index (χ3v) is 5.05. The number of nitrogens with one attached hydrogen (secondary N) is 1. The lowest BCUT2D eigenvalue weighted by Gasteiger charge is -2.35. The van der Waals surface area contributed by atoms with E-state index in [0.717, 1.165) is 37.6 Å².